The lowest BCUT2D eigenvalue weighted by atomic mass is 9.69. The summed E-state index contributed by atoms with van der Waals surface area (Å²) in [6.07, 6.45) is 11.9. The van der Waals surface area contributed by atoms with E-state index >= 15 is 0 Å². The van der Waals surface area contributed by atoms with Gasteiger partial charge in [-0.15, -0.1) is 11.8 Å². The van der Waals surface area contributed by atoms with Crippen LogP contribution in [-0.4, -0.2) is 42.1 Å². The molecule has 0 aromatic carbocycles. The first kappa shape index (κ1) is 23.5. The monoisotopic (exact) mass is 475 g/mol. The highest BCUT2D eigenvalue weighted by atomic mass is 32.2. The van der Waals surface area contributed by atoms with E-state index in [0.717, 1.165) is 37.2 Å². The maximum absolute atomic E-state index is 13.5. The molecule has 1 aromatic rings. The predicted octanol–water partition coefficient (Wildman–Crippen LogP) is 5.42. The first-order valence-corrected chi connectivity index (χ1v) is 14.1. The Labute approximate surface area is 202 Å². The van der Waals surface area contributed by atoms with Gasteiger partial charge in [-0.3, -0.25) is 4.79 Å². The van der Waals surface area contributed by atoms with Crippen LogP contribution in [-0.2, 0) is 0 Å². The molecule has 184 valence electrons. The number of hydrogen-bond acceptors (Lipinski definition) is 6. The Bertz CT molecular complexity index is 844. The lowest BCUT2D eigenvalue weighted by molar-refractivity contribution is 0.0789. The Morgan fingerprint density at radius 1 is 1.15 bits per heavy atom. The van der Waals surface area contributed by atoms with Crippen molar-refractivity contribution < 1.29 is 14.1 Å². The minimum Gasteiger partial charge on any atom is -0.474 e. The van der Waals surface area contributed by atoms with E-state index in [2.05, 4.69) is 36.6 Å². The summed E-state index contributed by atoms with van der Waals surface area (Å²) in [5, 5.41) is 11.5. The van der Waals surface area contributed by atoms with Gasteiger partial charge in [0.05, 0.1) is 6.61 Å². The fraction of sp³-hybridized carbons (Fsp3) is 0.846. The quantitative estimate of drug-likeness (QED) is 0.548. The Morgan fingerprint density at radius 3 is 2.58 bits per heavy atom. The first-order chi connectivity index (χ1) is 15.9. The van der Waals surface area contributed by atoms with E-state index in [0.29, 0.717) is 35.3 Å². The molecular formula is C26H41N3O3S. The number of amides is 1. The van der Waals surface area contributed by atoms with E-state index in [1.54, 1.807) is 11.8 Å². The second kappa shape index (κ2) is 9.44. The van der Waals surface area contributed by atoms with Crippen molar-refractivity contribution in [3.63, 3.8) is 0 Å². The van der Waals surface area contributed by atoms with Crippen LogP contribution in [0.3, 0.4) is 0 Å². The number of nitrogens with zero attached hydrogens (tertiary/aromatic N) is 1. The molecule has 0 spiro atoms. The summed E-state index contributed by atoms with van der Waals surface area (Å²) in [4.78, 5) is 14.3. The molecule has 2 heterocycles. The molecule has 1 aromatic heterocycles. The van der Waals surface area contributed by atoms with Crippen LogP contribution in [0.15, 0.2) is 9.42 Å². The molecule has 3 aliphatic carbocycles. The van der Waals surface area contributed by atoms with Crippen LogP contribution in [0.4, 0.5) is 0 Å². The van der Waals surface area contributed by atoms with Gasteiger partial charge in [0.1, 0.15) is 4.90 Å². The fourth-order valence-electron chi connectivity index (χ4n) is 6.85. The summed E-state index contributed by atoms with van der Waals surface area (Å²) in [5.74, 6) is 1.97. The second-order valence-electron chi connectivity index (χ2n) is 11.7. The molecule has 6 nitrogen and oxygen atoms in total. The number of thioether (sulfide) groups is 1. The standard InChI is InChI=1S/C26H41N3O3S/c1-25(2)18-9-12-26(25,3)20(15-18)28-23(30)21-22(33-19-7-5-4-6-8-19)24(29-32-21)31-16-17-10-13-27-14-11-17/h17-20,27H,4-16H2,1-3H3,(H,28,30)/t18-,20-,26+/m0/s1. The number of aromatic nitrogens is 1. The number of nitrogens with one attached hydrogen (secondary N) is 2. The van der Waals surface area contributed by atoms with E-state index in [-0.39, 0.29) is 22.8 Å². The van der Waals surface area contributed by atoms with E-state index in [4.69, 9.17) is 9.26 Å². The minimum atomic E-state index is -0.118. The van der Waals surface area contributed by atoms with E-state index in [1.165, 1.54) is 44.9 Å². The molecule has 4 fully saturated rings. The lowest BCUT2D eigenvalue weighted by Crippen LogP contribution is -2.46. The van der Waals surface area contributed by atoms with Gasteiger partial charge in [0.15, 0.2) is 0 Å². The molecule has 5 rings (SSSR count). The van der Waals surface area contributed by atoms with Crippen LogP contribution >= 0.6 is 11.8 Å². The maximum Gasteiger partial charge on any atom is 0.291 e. The molecule has 33 heavy (non-hydrogen) atoms. The normalized spacial score (nSPS) is 32.2. The molecule has 1 aliphatic heterocycles. The molecule has 1 saturated heterocycles. The van der Waals surface area contributed by atoms with Crippen molar-refractivity contribution in [2.24, 2.45) is 22.7 Å². The zero-order chi connectivity index (χ0) is 23.1. The average Bonchev–Trinajstić information content (AvgIpc) is 3.38. The first-order valence-electron chi connectivity index (χ1n) is 13.2. The largest absolute Gasteiger partial charge is 0.474 e. The molecule has 3 atom stereocenters. The van der Waals surface area contributed by atoms with Gasteiger partial charge in [-0.1, -0.05) is 40.0 Å². The van der Waals surface area contributed by atoms with Crippen LogP contribution in [0, 0.1) is 22.7 Å². The van der Waals surface area contributed by atoms with Gasteiger partial charge in [0, 0.05) is 11.3 Å². The Morgan fingerprint density at radius 2 is 1.91 bits per heavy atom. The van der Waals surface area contributed by atoms with Crippen LogP contribution in [0.25, 0.3) is 0 Å². The Kier molecular flexibility index (Phi) is 6.73. The topological polar surface area (TPSA) is 76.4 Å². The SMILES string of the molecule is CC1(C)[C@H]2CC[C@]1(C)[C@@H](NC(=O)c1onc(OCC3CCNCC3)c1SC1CCCCC1)C2. The molecule has 2 N–H and O–H groups in total. The average molecular weight is 476 g/mol. The van der Waals surface area contributed by atoms with E-state index in [1.807, 2.05) is 0 Å². The summed E-state index contributed by atoms with van der Waals surface area (Å²) in [7, 11) is 0. The third-order valence-corrected chi connectivity index (χ3v) is 11.1. The van der Waals surface area contributed by atoms with Gasteiger partial charge in [-0.25, -0.2) is 0 Å². The van der Waals surface area contributed by atoms with Gasteiger partial charge in [0.2, 0.25) is 5.76 Å². The highest BCUT2D eigenvalue weighted by molar-refractivity contribution is 8.00. The van der Waals surface area contributed by atoms with Crippen molar-refractivity contribution in [2.45, 2.75) is 101 Å². The van der Waals surface area contributed by atoms with Crippen molar-refractivity contribution >= 4 is 17.7 Å². The number of piperidine rings is 1. The van der Waals surface area contributed by atoms with E-state index in [9.17, 15) is 4.79 Å². The van der Waals surface area contributed by atoms with Crippen molar-refractivity contribution in [2.75, 3.05) is 19.7 Å². The van der Waals surface area contributed by atoms with Gasteiger partial charge >= 0.3 is 0 Å². The number of fused-ring (bicyclic) bond motifs is 2. The number of rotatable bonds is 7. The summed E-state index contributed by atoms with van der Waals surface area (Å²) in [6.45, 7) is 9.84. The number of hydrogen-bond donors (Lipinski definition) is 2. The third kappa shape index (κ3) is 4.44. The summed E-state index contributed by atoms with van der Waals surface area (Å²) < 4.78 is 11.9. The van der Waals surface area contributed by atoms with Crippen molar-refractivity contribution in [1.29, 1.82) is 0 Å². The zero-order valence-corrected chi connectivity index (χ0v) is 21.4. The highest BCUT2D eigenvalue weighted by Crippen LogP contribution is 2.65. The lowest BCUT2D eigenvalue weighted by Gasteiger charge is -2.39. The minimum absolute atomic E-state index is 0.118. The summed E-state index contributed by atoms with van der Waals surface area (Å²) in [6, 6.07) is 0.190. The highest BCUT2D eigenvalue weighted by Gasteiger charge is 2.61. The van der Waals surface area contributed by atoms with Crippen molar-refractivity contribution in [1.82, 2.24) is 15.8 Å². The molecule has 3 saturated carbocycles. The van der Waals surface area contributed by atoms with Gasteiger partial charge in [0.25, 0.3) is 11.8 Å². The maximum atomic E-state index is 13.5. The molecule has 1 amide bonds. The molecule has 7 heteroatoms. The van der Waals surface area contributed by atoms with Crippen molar-refractivity contribution in [3.05, 3.63) is 5.76 Å². The second-order valence-corrected chi connectivity index (χ2v) is 13.0. The molecule has 2 bridgehead atoms. The molecule has 0 radical (unpaired) electrons. The predicted molar refractivity (Wildman–Crippen MR) is 131 cm³/mol. The molecule has 4 aliphatic rings. The zero-order valence-electron chi connectivity index (χ0n) is 20.6. The summed E-state index contributed by atoms with van der Waals surface area (Å²) in [5.41, 5.74) is 0.396. The number of carbonyl (C=O) groups is 1. The fourth-order valence-corrected chi connectivity index (χ4v) is 8.18. The third-order valence-electron chi connectivity index (χ3n) is 9.68. The number of carbonyl (C=O) groups excluding carboxylic acids is 1. The van der Waals surface area contributed by atoms with E-state index < -0.39 is 0 Å². The number of ether oxygens (including phenoxy) is 1. The van der Waals surface area contributed by atoms with Crippen LogP contribution in [0.5, 0.6) is 5.88 Å². The van der Waals surface area contributed by atoms with Gasteiger partial charge in [-0.05, 0) is 85.9 Å². The Balaban J connectivity index is 1.32. The smallest absolute Gasteiger partial charge is 0.291 e. The van der Waals surface area contributed by atoms with Gasteiger partial charge in [-0.2, -0.15) is 0 Å². The van der Waals surface area contributed by atoms with Gasteiger partial charge < -0.3 is 19.9 Å². The van der Waals surface area contributed by atoms with Crippen molar-refractivity contribution in [3.8, 4) is 5.88 Å². The van der Waals surface area contributed by atoms with Crippen LogP contribution < -0.4 is 15.4 Å². The Hall–Kier alpha value is -1.21. The molecule has 0 unspecified atom stereocenters. The molecular weight excluding hydrogens is 434 g/mol. The van der Waals surface area contributed by atoms with Crippen LogP contribution in [0.2, 0.25) is 0 Å². The summed E-state index contributed by atoms with van der Waals surface area (Å²) >= 11 is 1.76. The van der Waals surface area contributed by atoms with Crippen LogP contribution in [0.1, 0.15) is 95.5 Å².